The molecule has 1 fully saturated rings. The average Bonchev–Trinajstić information content (AvgIpc) is 3.24. The first-order valence-electron chi connectivity index (χ1n) is 11.9. The van der Waals surface area contributed by atoms with Crippen LogP contribution in [0.2, 0.25) is 0 Å². The smallest absolute Gasteiger partial charge is 0.219 e. The molecular formula is C27H39NO2. The molecule has 2 N–H and O–H groups in total. The third-order valence-corrected chi connectivity index (χ3v) is 6.71. The van der Waals surface area contributed by atoms with Gasteiger partial charge >= 0.3 is 0 Å². The van der Waals surface area contributed by atoms with Gasteiger partial charge in [-0.2, -0.15) is 0 Å². The Morgan fingerprint density at radius 1 is 1.27 bits per heavy atom. The van der Waals surface area contributed by atoms with E-state index in [1.165, 1.54) is 11.1 Å². The lowest BCUT2D eigenvalue weighted by Crippen LogP contribution is -2.23. The molecule has 0 heterocycles. The lowest BCUT2D eigenvalue weighted by atomic mass is 9.88. The van der Waals surface area contributed by atoms with Crippen molar-refractivity contribution in [3.63, 3.8) is 0 Å². The standard InChI is InChI=1S/C27H39NO2/c1-3-15-28-27(30)14-7-5-11-22-17-23-19-26(29)24(25(23)18-22)13-6-4-10-21-12-8-9-20(2)16-21/h6,8-9,12-13,16-17,23-26,29H,3-5,7,10-11,14-15,18-19H2,1-2H3,(H,28,30)/t23-,24+,25-,26+/m0/s1. The molecule has 0 saturated heterocycles. The van der Waals surface area contributed by atoms with Gasteiger partial charge in [-0.3, -0.25) is 4.79 Å². The SMILES string of the molecule is CCCNC(=O)CCCCC1=C[C@H]2C[C@@H](O)[C@H](C=CCCc3cccc(C)c3)[C@H]2C1. The number of hydrogen-bond acceptors (Lipinski definition) is 2. The lowest BCUT2D eigenvalue weighted by Gasteiger charge is -2.18. The molecule has 0 spiro atoms. The lowest BCUT2D eigenvalue weighted by molar-refractivity contribution is -0.121. The maximum atomic E-state index is 11.7. The van der Waals surface area contributed by atoms with E-state index in [4.69, 9.17) is 0 Å². The third kappa shape index (κ3) is 6.57. The van der Waals surface area contributed by atoms with Crippen molar-refractivity contribution < 1.29 is 9.90 Å². The van der Waals surface area contributed by atoms with Gasteiger partial charge in [0.05, 0.1) is 6.10 Å². The van der Waals surface area contributed by atoms with E-state index in [1.807, 2.05) is 0 Å². The average molecular weight is 410 g/mol. The normalized spacial score (nSPS) is 25.5. The third-order valence-electron chi connectivity index (χ3n) is 6.71. The van der Waals surface area contributed by atoms with Gasteiger partial charge in [-0.1, -0.05) is 60.6 Å². The highest BCUT2D eigenvalue weighted by molar-refractivity contribution is 5.75. The number of nitrogens with one attached hydrogen (secondary N) is 1. The van der Waals surface area contributed by atoms with Crippen LogP contribution in [0.5, 0.6) is 0 Å². The number of aliphatic hydroxyl groups excluding tert-OH is 1. The Bertz CT molecular complexity index is 751. The van der Waals surface area contributed by atoms with Gasteiger partial charge in [-0.15, -0.1) is 0 Å². The van der Waals surface area contributed by atoms with Gasteiger partial charge in [0.2, 0.25) is 5.91 Å². The van der Waals surface area contributed by atoms with Crippen molar-refractivity contribution in [3.05, 3.63) is 59.2 Å². The number of hydrogen-bond donors (Lipinski definition) is 2. The van der Waals surface area contributed by atoms with Crippen LogP contribution < -0.4 is 5.32 Å². The second kappa shape index (κ2) is 11.5. The van der Waals surface area contributed by atoms with Crippen LogP contribution in [0.15, 0.2) is 48.1 Å². The van der Waals surface area contributed by atoms with E-state index in [1.54, 1.807) is 5.57 Å². The first-order valence-corrected chi connectivity index (χ1v) is 11.9. The highest BCUT2D eigenvalue weighted by Gasteiger charge is 2.42. The molecule has 3 rings (SSSR count). The monoisotopic (exact) mass is 409 g/mol. The largest absolute Gasteiger partial charge is 0.392 e. The molecule has 0 bridgehead atoms. The van der Waals surface area contributed by atoms with Gasteiger partial charge in [0.1, 0.15) is 0 Å². The number of aryl methyl sites for hydroxylation is 2. The van der Waals surface area contributed by atoms with Crippen LogP contribution in [0, 0.1) is 24.7 Å². The molecule has 3 heteroatoms. The minimum atomic E-state index is -0.199. The molecule has 1 aromatic carbocycles. The summed E-state index contributed by atoms with van der Waals surface area (Å²) in [5, 5.41) is 13.5. The van der Waals surface area contributed by atoms with Gasteiger partial charge in [0.25, 0.3) is 0 Å². The molecule has 0 unspecified atom stereocenters. The summed E-state index contributed by atoms with van der Waals surface area (Å²) in [6.45, 7) is 5.00. The van der Waals surface area contributed by atoms with Gasteiger partial charge in [-0.05, 0) is 75.7 Å². The number of benzene rings is 1. The summed E-state index contributed by atoms with van der Waals surface area (Å²) in [6, 6.07) is 8.72. The molecule has 2 aliphatic rings. The van der Waals surface area contributed by atoms with E-state index in [0.29, 0.717) is 24.2 Å². The summed E-state index contributed by atoms with van der Waals surface area (Å²) in [5.74, 6) is 1.58. The summed E-state index contributed by atoms with van der Waals surface area (Å²) in [5.41, 5.74) is 4.25. The molecule has 1 saturated carbocycles. The maximum Gasteiger partial charge on any atom is 0.219 e. The van der Waals surface area contributed by atoms with Crippen molar-refractivity contribution in [2.75, 3.05) is 6.54 Å². The van der Waals surface area contributed by atoms with E-state index >= 15 is 0 Å². The number of carbonyl (C=O) groups is 1. The summed E-state index contributed by atoms with van der Waals surface area (Å²) in [4.78, 5) is 11.7. The Kier molecular flexibility index (Phi) is 8.74. The molecule has 164 valence electrons. The van der Waals surface area contributed by atoms with Crippen molar-refractivity contribution in [2.24, 2.45) is 17.8 Å². The Balaban J connectivity index is 1.39. The van der Waals surface area contributed by atoms with Crippen LogP contribution in [0.25, 0.3) is 0 Å². The van der Waals surface area contributed by atoms with Gasteiger partial charge in [0.15, 0.2) is 0 Å². The number of amides is 1. The zero-order chi connectivity index (χ0) is 21.3. The second-order valence-corrected chi connectivity index (χ2v) is 9.25. The quantitative estimate of drug-likeness (QED) is 0.374. The fourth-order valence-corrected chi connectivity index (χ4v) is 5.15. The first-order chi connectivity index (χ1) is 14.6. The zero-order valence-electron chi connectivity index (χ0n) is 18.8. The first kappa shape index (κ1) is 22.8. The van der Waals surface area contributed by atoms with Gasteiger partial charge in [-0.25, -0.2) is 0 Å². The van der Waals surface area contributed by atoms with Crippen molar-refractivity contribution in [1.29, 1.82) is 0 Å². The molecule has 4 atom stereocenters. The van der Waals surface area contributed by atoms with E-state index in [-0.39, 0.29) is 12.0 Å². The molecule has 3 nitrogen and oxygen atoms in total. The Labute approximate surface area is 182 Å². The van der Waals surface area contributed by atoms with Crippen LogP contribution in [0.1, 0.15) is 69.4 Å². The fraction of sp³-hybridized carbons (Fsp3) is 0.593. The number of allylic oxidation sites excluding steroid dienone is 3. The van der Waals surface area contributed by atoms with Crippen LogP contribution in [-0.4, -0.2) is 23.7 Å². The zero-order valence-corrected chi connectivity index (χ0v) is 18.8. The number of aliphatic hydroxyl groups is 1. The predicted molar refractivity (Wildman–Crippen MR) is 124 cm³/mol. The van der Waals surface area contributed by atoms with E-state index in [0.717, 1.165) is 57.9 Å². The van der Waals surface area contributed by atoms with Crippen molar-refractivity contribution in [3.8, 4) is 0 Å². The molecule has 30 heavy (non-hydrogen) atoms. The molecule has 1 amide bonds. The second-order valence-electron chi connectivity index (χ2n) is 9.25. The van der Waals surface area contributed by atoms with Crippen molar-refractivity contribution >= 4 is 5.91 Å². The molecule has 0 aliphatic heterocycles. The number of carbonyl (C=O) groups excluding carboxylic acids is 1. The van der Waals surface area contributed by atoms with Crippen LogP contribution in [0.3, 0.4) is 0 Å². The Morgan fingerprint density at radius 3 is 2.93 bits per heavy atom. The highest BCUT2D eigenvalue weighted by Crippen LogP contribution is 2.48. The van der Waals surface area contributed by atoms with Gasteiger partial charge in [0, 0.05) is 18.9 Å². The molecule has 2 aliphatic carbocycles. The van der Waals surface area contributed by atoms with E-state index < -0.39 is 0 Å². The predicted octanol–water partition coefficient (Wildman–Crippen LogP) is 5.51. The minimum absolute atomic E-state index is 0.188. The van der Waals surface area contributed by atoms with E-state index in [9.17, 15) is 9.90 Å². The van der Waals surface area contributed by atoms with Crippen molar-refractivity contribution in [2.45, 2.75) is 77.7 Å². The summed E-state index contributed by atoms with van der Waals surface area (Å²) in [6.07, 6.45) is 15.7. The van der Waals surface area contributed by atoms with Crippen LogP contribution in [0.4, 0.5) is 0 Å². The number of fused-ring (bicyclic) bond motifs is 1. The Morgan fingerprint density at radius 2 is 2.13 bits per heavy atom. The number of rotatable bonds is 11. The molecule has 0 radical (unpaired) electrons. The van der Waals surface area contributed by atoms with Gasteiger partial charge < -0.3 is 10.4 Å². The topological polar surface area (TPSA) is 49.3 Å². The minimum Gasteiger partial charge on any atom is -0.392 e. The number of unbranched alkanes of at least 4 members (excludes halogenated alkanes) is 1. The maximum absolute atomic E-state index is 11.7. The highest BCUT2D eigenvalue weighted by atomic mass is 16.3. The summed E-state index contributed by atoms with van der Waals surface area (Å²) in [7, 11) is 0. The molecule has 1 aromatic rings. The molecular weight excluding hydrogens is 370 g/mol. The van der Waals surface area contributed by atoms with Crippen LogP contribution >= 0.6 is 0 Å². The van der Waals surface area contributed by atoms with Crippen molar-refractivity contribution in [1.82, 2.24) is 5.32 Å². The fourth-order valence-electron chi connectivity index (χ4n) is 5.15. The van der Waals surface area contributed by atoms with Crippen LogP contribution in [-0.2, 0) is 11.2 Å². The van der Waals surface area contributed by atoms with E-state index in [2.05, 4.69) is 61.7 Å². The molecule has 0 aromatic heterocycles. The Hall–Kier alpha value is -1.87. The summed E-state index contributed by atoms with van der Waals surface area (Å²) < 4.78 is 0. The summed E-state index contributed by atoms with van der Waals surface area (Å²) >= 11 is 0.